The van der Waals surface area contributed by atoms with Gasteiger partial charge in [0.05, 0.1) is 6.26 Å². The highest BCUT2D eigenvalue weighted by atomic mass is 32.1. The number of furan rings is 1. The Balaban J connectivity index is 1.82. The predicted molar refractivity (Wildman–Crippen MR) is 91.8 cm³/mol. The monoisotopic (exact) mass is 302 g/mol. The zero-order valence-corrected chi connectivity index (χ0v) is 13.6. The van der Waals surface area contributed by atoms with Crippen molar-refractivity contribution in [2.75, 3.05) is 5.32 Å². The molecule has 0 spiro atoms. The molecule has 0 aliphatic heterocycles. The molecule has 0 bridgehead atoms. The molecule has 0 aliphatic carbocycles. The number of hydrogen-bond acceptors (Lipinski definition) is 2. The largest absolute Gasteiger partial charge is 0.469 e. The second-order valence-corrected chi connectivity index (χ2v) is 5.77. The molecule has 4 heteroatoms. The summed E-state index contributed by atoms with van der Waals surface area (Å²) in [5, 5.41) is 7.25. The van der Waals surface area contributed by atoms with Gasteiger partial charge in [-0.05, 0) is 68.7 Å². The summed E-state index contributed by atoms with van der Waals surface area (Å²) in [5.74, 6) is 1.01. The number of rotatable bonds is 5. The molecule has 112 valence electrons. The summed E-state index contributed by atoms with van der Waals surface area (Å²) >= 11 is 5.38. The lowest BCUT2D eigenvalue weighted by Gasteiger charge is -2.18. The van der Waals surface area contributed by atoms with Crippen LogP contribution in [0.5, 0.6) is 0 Å². The molecule has 3 nitrogen and oxygen atoms in total. The first-order valence-electron chi connectivity index (χ1n) is 7.22. The molecular formula is C17H22N2OS. The fourth-order valence-corrected chi connectivity index (χ4v) is 2.47. The Morgan fingerprint density at radius 3 is 2.76 bits per heavy atom. The smallest absolute Gasteiger partial charge is 0.170 e. The van der Waals surface area contributed by atoms with Crippen molar-refractivity contribution < 1.29 is 4.42 Å². The maximum absolute atomic E-state index is 5.38. The molecular weight excluding hydrogens is 280 g/mol. The van der Waals surface area contributed by atoms with Crippen LogP contribution in [0.15, 0.2) is 41.0 Å². The summed E-state index contributed by atoms with van der Waals surface area (Å²) in [7, 11) is 0. The lowest BCUT2D eigenvalue weighted by molar-refractivity contribution is 0.483. The Morgan fingerprint density at radius 2 is 2.05 bits per heavy atom. The van der Waals surface area contributed by atoms with Gasteiger partial charge in [0.15, 0.2) is 5.11 Å². The number of thiocarbonyl (C=S) groups is 1. The molecule has 1 aromatic carbocycles. The Kier molecular flexibility index (Phi) is 5.39. The molecule has 21 heavy (non-hydrogen) atoms. The molecule has 1 aromatic heterocycles. The third-order valence-electron chi connectivity index (χ3n) is 3.63. The molecule has 1 atom stereocenters. The summed E-state index contributed by atoms with van der Waals surface area (Å²) in [6, 6.07) is 10.4. The van der Waals surface area contributed by atoms with E-state index in [1.165, 1.54) is 11.1 Å². The van der Waals surface area contributed by atoms with Gasteiger partial charge in [0, 0.05) is 18.2 Å². The molecule has 2 rings (SSSR count). The highest BCUT2D eigenvalue weighted by Crippen LogP contribution is 2.17. The van der Waals surface area contributed by atoms with E-state index in [4.69, 9.17) is 16.6 Å². The van der Waals surface area contributed by atoms with E-state index in [1.54, 1.807) is 6.26 Å². The van der Waals surface area contributed by atoms with Gasteiger partial charge in [-0.15, -0.1) is 0 Å². The zero-order valence-electron chi connectivity index (χ0n) is 12.8. The van der Waals surface area contributed by atoms with Crippen LogP contribution in [-0.2, 0) is 6.42 Å². The van der Waals surface area contributed by atoms with Crippen LogP contribution in [0.3, 0.4) is 0 Å². The van der Waals surface area contributed by atoms with Crippen molar-refractivity contribution in [2.45, 2.75) is 39.7 Å². The second-order valence-electron chi connectivity index (χ2n) is 5.37. The van der Waals surface area contributed by atoms with E-state index in [1.807, 2.05) is 24.3 Å². The van der Waals surface area contributed by atoms with Crippen molar-refractivity contribution in [3.63, 3.8) is 0 Å². The van der Waals surface area contributed by atoms with Crippen molar-refractivity contribution in [1.82, 2.24) is 5.32 Å². The van der Waals surface area contributed by atoms with E-state index in [-0.39, 0.29) is 0 Å². The summed E-state index contributed by atoms with van der Waals surface area (Å²) in [6.45, 7) is 6.32. The van der Waals surface area contributed by atoms with E-state index in [9.17, 15) is 0 Å². The van der Waals surface area contributed by atoms with Crippen LogP contribution in [0.1, 0.15) is 30.2 Å². The highest BCUT2D eigenvalue weighted by Gasteiger charge is 2.07. The van der Waals surface area contributed by atoms with Crippen LogP contribution in [0, 0.1) is 13.8 Å². The van der Waals surface area contributed by atoms with Gasteiger partial charge in [-0.3, -0.25) is 0 Å². The average Bonchev–Trinajstić information content (AvgIpc) is 2.95. The molecule has 0 saturated carbocycles. The molecule has 0 amide bonds. The Bertz CT molecular complexity index is 593. The van der Waals surface area contributed by atoms with Crippen molar-refractivity contribution in [3.8, 4) is 0 Å². The summed E-state index contributed by atoms with van der Waals surface area (Å²) in [4.78, 5) is 0. The molecule has 0 aliphatic rings. The molecule has 0 unspecified atom stereocenters. The van der Waals surface area contributed by atoms with Crippen molar-refractivity contribution in [3.05, 3.63) is 53.5 Å². The summed E-state index contributed by atoms with van der Waals surface area (Å²) < 4.78 is 5.34. The molecule has 0 radical (unpaired) electrons. The quantitative estimate of drug-likeness (QED) is 0.812. The summed E-state index contributed by atoms with van der Waals surface area (Å²) in [6.07, 6.45) is 3.59. The third-order valence-corrected chi connectivity index (χ3v) is 3.85. The minimum Gasteiger partial charge on any atom is -0.469 e. The minimum absolute atomic E-state index is 0.292. The van der Waals surface area contributed by atoms with Crippen LogP contribution < -0.4 is 10.6 Å². The molecule has 2 aromatic rings. The van der Waals surface area contributed by atoms with E-state index in [0.717, 1.165) is 24.3 Å². The molecule has 0 saturated heterocycles. The van der Waals surface area contributed by atoms with Gasteiger partial charge in [0.25, 0.3) is 0 Å². The highest BCUT2D eigenvalue weighted by molar-refractivity contribution is 7.80. The van der Waals surface area contributed by atoms with Crippen LogP contribution in [0.2, 0.25) is 0 Å². The number of hydrogen-bond donors (Lipinski definition) is 2. The average molecular weight is 302 g/mol. The fraction of sp³-hybridized carbons (Fsp3) is 0.353. The Labute approximate surface area is 131 Å². The van der Waals surface area contributed by atoms with E-state index >= 15 is 0 Å². The van der Waals surface area contributed by atoms with E-state index < -0.39 is 0 Å². The van der Waals surface area contributed by atoms with Crippen molar-refractivity contribution >= 4 is 23.0 Å². The normalized spacial score (nSPS) is 12.0. The van der Waals surface area contributed by atoms with Crippen molar-refractivity contribution in [2.24, 2.45) is 0 Å². The van der Waals surface area contributed by atoms with E-state index in [0.29, 0.717) is 11.2 Å². The van der Waals surface area contributed by atoms with Gasteiger partial charge in [0.2, 0.25) is 0 Å². The van der Waals surface area contributed by atoms with Gasteiger partial charge < -0.3 is 15.1 Å². The lowest BCUT2D eigenvalue weighted by Crippen LogP contribution is -2.36. The predicted octanol–water partition coefficient (Wildman–Crippen LogP) is 4.20. The number of nitrogens with one attached hydrogen (secondary N) is 2. The van der Waals surface area contributed by atoms with Crippen LogP contribution in [0.25, 0.3) is 0 Å². The number of anilines is 1. The van der Waals surface area contributed by atoms with Gasteiger partial charge >= 0.3 is 0 Å². The summed E-state index contributed by atoms with van der Waals surface area (Å²) in [5.41, 5.74) is 3.55. The SMILES string of the molecule is Cc1cccc(NC(=S)N[C@@H](C)CCc2ccco2)c1C. The first-order chi connectivity index (χ1) is 10.1. The van der Waals surface area contributed by atoms with Crippen LogP contribution in [0.4, 0.5) is 5.69 Å². The first kappa shape index (κ1) is 15.6. The standard InChI is InChI=1S/C17H22N2OS/c1-12-6-4-8-16(14(12)3)19-17(21)18-13(2)9-10-15-7-5-11-20-15/h4-8,11,13H,9-10H2,1-3H3,(H2,18,19,21)/t13-/m0/s1. The molecule has 0 fully saturated rings. The fourth-order valence-electron chi connectivity index (χ4n) is 2.15. The molecule has 2 N–H and O–H groups in total. The van der Waals surface area contributed by atoms with Gasteiger partial charge in [-0.25, -0.2) is 0 Å². The van der Waals surface area contributed by atoms with Crippen LogP contribution >= 0.6 is 12.2 Å². The third kappa shape index (κ3) is 4.60. The number of aryl methyl sites for hydroxylation is 2. The molecule has 1 heterocycles. The lowest BCUT2D eigenvalue weighted by atomic mass is 10.1. The van der Waals surface area contributed by atoms with Gasteiger partial charge in [-0.2, -0.15) is 0 Å². The maximum Gasteiger partial charge on any atom is 0.170 e. The maximum atomic E-state index is 5.38. The van der Waals surface area contributed by atoms with Gasteiger partial charge in [0.1, 0.15) is 5.76 Å². The second kappa shape index (κ2) is 7.27. The van der Waals surface area contributed by atoms with Crippen molar-refractivity contribution in [1.29, 1.82) is 0 Å². The first-order valence-corrected chi connectivity index (χ1v) is 7.63. The minimum atomic E-state index is 0.292. The zero-order chi connectivity index (χ0) is 15.2. The van der Waals surface area contributed by atoms with E-state index in [2.05, 4.69) is 37.5 Å². The topological polar surface area (TPSA) is 37.2 Å². The Hall–Kier alpha value is -1.81. The van der Waals surface area contributed by atoms with Gasteiger partial charge in [-0.1, -0.05) is 12.1 Å². The Morgan fingerprint density at radius 1 is 1.24 bits per heavy atom. The number of benzene rings is 1. The van der Waals surface area contributed by atoms with Crippen LogP contribution in [-0.4, -0.2) is 11.2 Å².